The van der Waals surface area contributed by atoms with Crippen molar-refractivity contribution in [3.63, 3.8) is 0 Å². The van der Waals surface area contributed by atoms with Crippen LogP contribution in [0.1, 0.15) is 18.1 Å². The van der Waals surface area contributed by atoms with Crippen LogP contribution in [0.2, 0.25) is 5.02 Å². The van der Waals surface area contributed by atoms with Crippen LogP contribution in [0, 0.1) is 0 Å². The maximum atomic E-state index is 9.33. The third-order valence-corrected chi connectivity index (χ3v) is 3.18. The lowest BCUT2D eigenvalue weighted by atomic mass is 10.1. The molecule has 0 radical (unpaired) electrons. The number of nitrogens with one attached hydrogen (secondary N) is 1. The topological polar surface area (TPSA) is 32.3 Å². The van der Waals surface area contributed by atoms with Gasteiger partial charge < -0.3 is 10.4 Å². The predicted molar refractivity (Wildman–Crippen MR) is 76.3 cm³/mol. The second kappa shape index (κ2) is 5.78. The van der Waals surface area contributed by atoms with E-state index in [1.54, 1.807) is 12.1 Å². The van der Waals surface area contributed by atoms with Gasteiger partial charge >= 0.3 is 0 Å². The fourth-order valence-electron chi connectivity index (χ4n) is 1.71. The monoisotopic (exact) mass is 261 g/mol. The molecule has 0 atom stereocenters. The van der Waals surface area contributed by atoms with E-state index in [0.717, 1.165) is 18.7 Å². The minimum Gasteiger partial charge on any atom is -0.506 e. The molecule has 0 bridgehead atoms. The number of aromatic hydroxyl groups is 1. The summed E-state index contributed by atoms with van der Waals surface area (Å²) in [4.78, 5) is 0. The highest BCUT2D eigenvalue weighted by Crippen LogP contribution is 2.26. The van der Waals surface area contributed by atoms with Gasteiger partial charge in [0.05, 0.1) is 5.02 Å². The number of hydrogen-bond acceptors (Lipinski definition) is 2. The summed E-state index contributed by atoms with van der Waals surface area (Å²) in [6, 6.07) is 13.6. The van der Waals surface area contributed by atoms with Crippen LogP contribution in [0.4, 0.5) is 5.69 Å². The van der Waals surface area contributed by atoms with E-state index in [1.807, 2.05) is 6.07 Å². The Kier molecular flexibility index (Phi) is 4.11. The van der Waals surface area contributed by atoms with Crippen LogP contribution in [-0.2, 0) is 13.0 Å². The average molecular weight is 262 g/mol. The Labute approximate surface area is 112 Å². The zero-order chi connectivity index (χ0) is 13.0. The number of rotatable bonds is 4. The first-order valence-corrected chi connectivity index (χ1v) is 6.37. The summed E-state index contributed by atoms with van der Waals surface area (Å²) in [7, 11) is 0. The van der Waals surface area contributed by atoms with Crippen molar-refractivity contribution in [2.24, 2.45) is 0 Å². The van der Waals surface area contributed by atoms with Gasteiger partial charge in [0, 0.05) is 12.2 Å². The van der Waals surface area contributed by atoms with Gasteiger partial charge in [-0.05, 0) is 35.7 Å². The standard InChI is InChI=1S/C15H16ClNO/c1-2-11-3-5-12(6-4-11)10-17-13-7-8-15(18)14(16)9-13/h3-9,17-18H,2,10H2,1H3. The number of anilines is 1. The normalized spacial score (nSPS) is 10.3. The maximum absolute atomic E-state index is 9.33. The molecule has 0 aliphatic heterocycles. The van der Waals surface area contributed by atoms with Gasteiger partial charge in [-0.3, -0.25) is 0 Å². The van der Waals surface area contributed by atoms with Crippen molar-refractivity contribution in [2.75, 3.05) is 5.32 Å². The van der Waals surface area contributed by atoms with E-state index in [4.69, 9.17) is 11.6 Å². The molecular formula is C15H16ClNO. The van der Waals surface area contributed by atoms with Crippen molar-refractivity contribution in [3.05, 3.63) is 58.6 Å². The molecule has 0 aliphatic carbocycles. The van der Waals surface area contributed by atoms with Crippen molar-refractivity contribution in [1.82, 2.24) is 0 Å². The summed E-state index contributed by atoms with van der Waals surface area (Å²) >= 11 is 5.85. The minimum atomic E-state index is 0.106. The molecule has 0 amide bonds. The zero-order valence-corrected chi connectivity index (χ0v) is 11.0. The molecule has 3 heteroatoms. The highest BCUT2D eigenvalue weighted by molar-refractivity contribution is 6.32. The molecule has 0 aliphatic rings. The summed E-state index contributed by atoms with van der Waals surface area (Å²) in [6.07, 6.45) is 1.06. The van der Waals surface area contributed by atoms with Crippen LogP contribution < -0.4 is 5.32 Å². The van der Waals surface area contributed by atoms with E-state index in [1.165, 1.54) is 11.1 Å². The molecule has 2 aromatic carbocycles. The lowest BCUT2D eigenvalue weighted by Gasteiger charge is -2.08. The van der Waals surface area contributed by atoms with Crippen LogP contribution >= 0.6 is 11.6 Å². The van der Waals surface area contributed by atoms with Crippen molar-refractivity contribution >= 4 is 17.3 Å². The second-order valence-electron chi connectivity index (χ2n) is 4.19. The molecule has 2 nitrogen and oxygen atoms in total. The van der Waals surface area contributed by atoms with Gasteiger partial charge in [-0.2, -0.15) is 0 Å². The number of hydrogen-bond donors (Lipinski definition) is 2. The SMILES string of the molecule is CCc1ccc(CNc2ccc(O)c(Cl)c2)cc1. The van der Waals surface area contributed by atoms with E-state index >= 15 is 0 Å². The first-order valence-electron chi connectivity index (χ1n) is 5.99. The van der Waals surface area contributed by atoms with Gasteiger partial charge in [0.15, 0.2) is 0 Å². The van der Waals surface area contributed by atoms with Crippen molar-refractivity contribution in [1.29, 1.82) is 0 Å². The quantitative estimate of drug-likeness (QED) is 0.808. The molecule has 18 heavy (non-hydrogen) atoms. The largest absolute Gasteiger partial charge is 0.506 e. The summed E-state index contributed by atoms with van der Waals surface area (Å²) in [5, 5.41) is 13.0. The van der Waals surface area contributed by atoms with Gasteiger partial charge in [0.25, 0.3) is 0 Å². The van der Waals surface area contributed by atoms with Gasteiger partial charge in [0.2, 0.25) is 0 Å². The molecule has 0 spiro atoms. The highest BCUT2D eigenvalue weighted by atomic mass is 35.5. The maximum Gasteiger partial charge on any atom is 0.134 e. The van der Waals surface area contributed by atoms with Crippen LogP contribution in [0.5, 0.6) is 5.75 Å². The number of aryl methyl sites for hydroxylation is 1. The predicted octanol–water partition coefficient (Wildman–Crippen LogP) is 4.22. The summed E-state index contributed by atoms with van der Waals surface area (Å²) in [5.41, 5.74) is 3.46. The molecule has 0 heterocycles. The molecule has 0 saturated heterocycles. The van der Waals surface area contributed by atoms with E-state index < -0.39 is 0 Å². The Morgan fingerprint density at radius 3 is 2.33 bits per heavy atom. The fraction of sp³-hybridized carbons (Fsp3) is 0.200. The average Bonchev–Trinajstić information content (AvgIpc) is 2.41. The molecule has 2 aromatic rings. The second-order valence-corrected chi connectivity index (χ2v) is 4.60. The van der Waals surface area contributed by atoms with Gasteiger partial charge in [-0.25, -0.2) is 0 Å². The van der Waals surface area contributed by atoms with Gasteiger partial charge in [0.1, 0.15) is 5.75 Å². The Morgan fingerprint density at radius 2 is 1.72 bits per heavy atom. The molecular weight excluding hydrogens is 246 g/mol. The third-order valence-electron chi connectivity index (χ3n) is 2.88. The molecule has 2 N–H and O–H groups in total. The summed E-state index contributed by atoms with van der Waals surface area (Å²) in [6.45, 7) is 2.89. The lowest BCUT2D eigenvalue weighted by Crippen LogP contribution is -1.99. The van der Waals surface area contributed by atoms with Crippen LogP contribution in [0.25, 0.3) is 0 Å². The molecule has 0 unspecified atom stereocenters. The minimum absolute atomic E-state index is 0.106. The number of halogens is 1. The first-order chi connectivity index (χ1) is 8.69. The molecule has 0 saturated carbocycles. The summed E-state index contributed by atoms with van der Waals surface area (Å²) in [5.74, 6) is 0.106. The fourth-order valence-corrected chi connectivity index (χ4v) is 1.89. The number of benzene rings is 2. The third kappa shape index (κ3) is 3.17. The molecule has 2 rings (SSSR count). The zero-order valence-electron chi connectivity index (χ0n) is 10.3. The molecule has 0 aromatic heterocycles. The van der Waals surface area contributed by atoms with E-state index in [0.29, 0.717) is 5.02 Å². The van der Waals surface area contributed by atoms with Crippen LogP contribution in [-0.4, -0.2) is 5.11 Å². The van der Waals surface area contributed by atoms with E-state index in [-0.39, 0.29) is 5.75 Å². The highest BCUT2D eigenvalue weighted by Gasteiger charge is 2.00. The van der Waals surface area contributed by atoms with E-state index in [2.05, 4.69) is 36.5 Å². The van der Waals surface area contributed by atoms with Crippen molar-refractivity contribution in [3.8, 4) is 5.75 Å². The van der Waals surface area contributed by atoms with Crippen molar-refractivity contribution < 1.29 is 5.11 Å². The number of phenols is 1. The van der Waals surface area contributed by atoms with Crippen LogP contribution in [0.3, 0.4) is 0 Å². The lowest BCUT2D eigenvalue weighted by molar-refractivity contribution is 0.475. The van der Waals surface area contributed by atoms with Gasteiger partial charge in [-0.15, -0.1) is 0 Å². The summed E-state index contributed by atoms with van der Waals surface area (Å²) < 4.78 is 0. The Morgan fingerprint density at radius 1 is 1.06 bits per heavy atom. The molecule has 94 valence electrons. The number of phenolic OH excluding ortho intramolecular Hbond substituents is 1. The first kappa shape index (κ1) is 12.8. The molecule has 0 fully saturated rings. The van der Waals surface area contributed by atoms with Gasteiger partial charge in [-0.1, -0.05) is 42.8 Å². The Balaban J connectivity index is 1.99. The van der Waals surface area contributed by atoms with Crippen molar-refractivity contribution in [2.45, 2.75) is 19.9 Å². The Hall–Kier alpha value is -1.67. The van der Waals surface area contributed by atoms with Crippen LogP contribution in [0.15, 0.2) is 42.5 Å². The van der Waals surface area contributed by atoms with E-state index in [9.17, 15) is 5.11 Å². The Bertz CT molecular complexity index is 523. The smallest absolute Gasteiger partial charge is 0.134 e.